The molecule has 0 bridgehead atoms. The Morgan fingerprint density at radius 1 is 1.00 bits per heavy atom. The van der Waals surface area contributed by atoms with Crippen LogP contribution in [0.25, 0.3) is 0 Å². The third-order valence-electron chi connectivity index (χ3n) is 2.82. The topological polar surface area (TPSA) is 20.3 Å². The van der Waals surface area contributed by atoms with Crippen molar-refractivity contribution in [1.29, 1.82) is 0 Å². The smallest absolute Gasteiger partial charge is 0.374 e. The maximum atomic E-state index is 12.6. The van der Waals surface area contributed by atoms with Gasteiger partial charge in [0.25, 0.3) is 0 Å². The van der Waals surface area contributed by atoms with Crippen molar-refractivity contribution in [2.45, 2.75) is 6.92 Å². The molecule has 2 nitrogen and oxygen atoms in total. The van der Waals surface area contributed by atoms with Gasteiger partial charge in [0.1, 0.15) is 0 Å². The van der Waals surface area contributed by atoms with E-state index in [2.05, 4.69) is 0 Å². The van der Waals surface area contributed by atoms with Crippen LogP contribution >= 0.6 is 7.80 Å². The predicted octanol–water partition coefficient (Wildman–Crippen LogP) is 2.84. The van der Waals surface area contributed by atoms with Crippen LogP contribution < -0.4 is 15.5 Å². The summed E-state index contributed by atoms with van der Waals surface area (Å²) in [7, 11) is 2.42. The lowest BCUT2D eigenvalue weighted by molar-refractivity contribution is 0.598. The van der Waals surface area contributed by atoms with Crippen LogP contribution in [0, 0.1) is 6.92 Å². The quantitative estimate of drug-likeness (QED) is 0.789. The molecule has 0 radical (unpaired) electrons. The number of benzene rings is 2. The van der Waals surface area contributed by atoms with Crippen LogP contribution in [0.2, 0.25) is 0 Å². The van der Waals surface area contributed by atoms with E-state index in [1.165, 1.54) is 0 Å². The summed E-state index contributed by atoms with van der Waals surface area (Å²) in [6.07, 6.45) is 0. The van der Waals surface area contributed by atoms with E-state index in [1.54, 1.807) is 0 Å². The van der Waals surface area contributed by atoms with Crippen LogP contribution in [0.5, 0.6) is 0 Å². The van der Waals surface area contributed by atoms with Gasteiger partial charge in [-0.3, -0.25) is 0 Å². The predicted molar refractivity (Wildman–Crippen MR) is 78.8 cm³/mol. The lowest BCUT2D eigenvalue weighted by Crippen LogP contribution is -2.19. The minimum Gasteiger partial charge on any atom is -0.374 e. The molecule has 0 heterocycles. The molecule has 0 N–H and O–H groups in total. The molecule has 0 amide bonds. The summed E-state index contributed by atoms with van der Waals surface area (Å²) in [5, 5.41) is 1.78. The van der Waals surface area contributed by atoms with E-state index in [9.17, 15) is 4.57 Å². The monoisotopic (exact) mass is 258 g/mol. The first-order valence-electron chi connectivity index (χ1n) is 5.90. The maximum Gasteiger partial charge on any atom is 0.417 e. The number of aryl methyl sites for hydroxylation is 1. The molecule has 2 aromatic rings. The van der Waals surface area contributed by atoms with E-state index in [0.29, 0.717) is 0 Å². The van der Waals surface area contributed by atoms with Gasteiger partial charge in [0.05, 0.1) is 5.69 Å². The first kappa shape index (κ1) is 12.8. The molecule has 0 fully saturated rings. The minimum atomic E-state index is -1.53. The molecule has 0 aliphatic heterocycles. The molecule has 2 aromatic carbocycles. The van der Waals surface area contributed by atoms with E-state index < -0.39 is 7.80 Å². The molecule has 2 rings (SSSR count). The molecule has 0 aliphatic rings. The van der Waals surface area contributed by atoms with Gasteiger partial charge in [0, 0.05) is 14.1 Å². The lowest BCUT2D eigenvalue weighted by atomic mass is 10.2. The second-order valence-corrected chi connectivity index (χ2v) is 6.10. The molecule has 0 spiro atoms. The van der Waals surface area contributed by atoms with Gasteiger partial charge < -0.3 is 4.90 Å². The van der Waals surface area contributed by atoms with Crippen LogP contribution in [0.3, 0.4) is 0 Å². The summed E-state index contributed by atoms with van der Waals surface area (Å²) >= 11 is 0. The Morgan fingerprint density at radius 2 is 1.67 bits per heavy atom. The van der Waals surface area contributed by atoms with Gasteiger partial charge in [0.2, 0.25) is 5.30 Å². The largest absolute Gasteiger partial charge is 0.417 e. The fourth-order valence-corrected chi connectivity index (χ4v) is 3.40. The summed E-state index contributed by atoms with van der Waals surface area (Å²) in [5.41, 5.74) is 2.15. The Bertz CT molecular complexity index is 564. The molecule has 0 aliphatic carbocycles. The third kappa shape index (κ3) is 2.60. The van der Waals surface area contributed by atoms with Crippen LogP contribution in [0.15, 0.2) is 48.5 Å². The van der Waals surface area contributed by atoms with Gasteiger partial charge in [0.15, 0.2) is 5.30 Å². The van der Waals surface area contributed by atoms with Crippen molar-refractivity contribution >= 4 is 24.1 Å². The third-order valence-corrected chi connectivity index (χ3v) is 4.39. The van der Waals surface area contributed by atoms with E-state index >= 15 is 0 Å². The number of rotatable bonds is 3. The van der Waals surface area contributed by atoms with Gasteiger partial charge in [-0.1, -0.05) is 28.8 Å². The zero-order valence-corrected chi connectivity index (χ0v) is 11.8. The molecule has 18 heavy (non-hydrogen) atoms. The molecule has 0 aromatic heterocycles. The summed E-state index contributed by atoms with van der Waals surface area (Å²) in [5.74, 6) is 0. The van der Waals surface area contributed by atoms with Crippen LogP contribution in [0.1, 0.15) is 5.56 Å². The standard InChI is InChI=1S/C15H17NOP/c1-12-9-10-14(16(2)3)15(11-12)18(17)13-7-5-4-6-8-13/h4-11H,1-3H3/q+1. The Morgan fingerprint density at radius 3 is 2.28 bits per heavy atom. The van der Waals surface area contributed by atoms with E-state index in [4.69, 9.17) is 0 Å². The van der Waals surface area contributed by atoms with Gasteiger partial charge in [-0.05, 0) is 36.8 Å². The van der Waals surface area contributed by atoms with Crippen molar-refractivity contribution in [3.8, 4) is 0 Å². The minimum absolute atomic E-state index is 0.876. The highest BCUT2D eigenvalue weighted by Gasteiger charge is 2.27. The zero-order chi connectivity index (χ0) is 13.1. The number of hydrogen-bond donors (Lipinski definition) is 0. The number of nitrogens with zero attached hydrogens (tertiary/aromatic N) is 1. The van der Waals surface area contributed by atoms with Crippen molar-refractivity contribution in [1.82, 2.24) is 0 Å². The second kappa shape index (κ2) is 5.32. The highest BCUT2D eigenvalue weighted by molar-refractivity contribution is 7.61. The first-order valence-corrected chi connectivity index (χ1v) is 7.16. The highest BCUT2D eigenvalue weighted by atomic mass is 31.1. The Labute approximate surface area is 109 Å². The fourth-order valence-electron chi connectivity index (χ4n) is 1.88. The normalized spacial score (nSPS) is 11.2. The maximum absolute atomic E-state index is 12.6. The molecule has 0 saturated carbocycles. The van der Waals surface area contributed by atoms with Gasteiger partial charge in [-0.2, -0.15) is 0 Å². The van der Waals surface area contributed by atoms with Crippen molar-refractivity contribution < 1.29 is 4.57 Å². The fraction of sp³-hybridized carbons (Fsp3) is 0.200. The summed E-state index contributed by atoms with van der Waals surface area (Å²) < 4.78 is 12.6. The summed E-state index contributed by atoms with van der Waals surface area (Å²) in [4.78, 5) is 2.00. The summed E-state index contributed by atoms with van der Waals surface area (Å²) in [6.45, 7) is 2.02. The molecular weight excluding hydrogens is 241 g/mol. The Hall–Kier alpha value is -1.66. The molecule has 1 unspecified atom stereocenters. The van der Waals surface area contributed by atoms with Gasteiger partial charge >= 0.3 is 7.80 Å². The lowest BCUT2D eigenvalue weighted by Gasteiger charge is -2.12. The van der Waals surface area contributed by atoms with Crippen LogP contribution in [-0.2, 0) is 4.57 Å². The van der Waals surface area contributed by atoms with E-state index in [-0.39, 0.29) is 0 Å². The first-order chi connectivity index (χ1) is 8.59. The SMILES string of the molecule is Cc1ccc(N(C)C)c([P+](=O)c2ccccc2)c1. The molecule has 3 heteroatoms. The van der Waals surface area contributed by atoms with E-state index in [0.717, 1.165) is 21.9 Å². The van der Waals surface area contributed by atoms with Crippen molar-refractivity contribution in [2.24, 2.45) is 0 Å². The molecule has 0 saturated heterocycles. The second-order valence-electron chi connectivity index (χ2n) is 4.52. The van der Waals surface area contributed by atoms with Crippen molar-refractivity contribution in [3.63, 3.8) is 0 Å². The average Bonchev–Trinajstić information content (AvgIpc) is 2.38. The van der Waals surface area contributed by atoms with Crippen LogP contribution in [-0.4, -0.2) is 14.1 Å². The molecule has 1 atom stereocenters. The highest BCUT2D eigenvalue weighted by Crippen LogP contribution is 2.26. The van der Waals surface area contributed by atoms with E-state index in [1.807, 2.05) is 74.4 Å². The Balaban J connectivity index is 2.50. The van der Waals surface area contributed by atoms with Crippen molar-refractivity contribution in [3.05, 3.63) is 54.1 Å². The zero-order valence-electron chi connectivity index (χ0n) is 10.9. The van der Waals surface area contributed by atoms with Gasteiger partial charge in [-0.25, -0.2) is 0 Å². The molecular formula is C15H17NOP+. The average molecular weight is 258 g/mol. The Kier molecular flexibility index (Phi) is 3.78. The van der Waals surface area contributed by atoms with Crippen molar-refractivity contribution in [2.75, 3.05) is 19.0 Å². The number of anilines is 1. The van der Waals surface area contributed by atoms with Crippen LogP contribution in [0.4, 0.5) is 5.69 Å². The molecule has 92 valence electrons. The van der Waals surface area contributed by atoms with Gasteiger partial charge in [-0.15, -0.1) is 0 Å². The number of hydrogen-bond acceptors (Lipinski definition) is 2. The summed E-state index contributed by atoms with van der Waals surface area (Å²) in [6, 6.07) is 15.7.